The van der Waals surface area contributed by atoms with Crippen LogP contribution in [0, 0.1) is 0 Å². The lowest BCUT2D eigenvalue weighted by Gasteiger charge is -2.19. The van der Waals surface area contributed by atoms with Crippen molar-refractivity contribution in [1.29, 1.82) is 0 Å². The molecule has 1 aromatic carbocycles. The molecule has 5 heteroatoms. The molecule has 1 aromatic rings. The fourth-order valence-electron chi connectivity index (χ4n) is 3.34. The van der Waals surface area contributed by atoms with Gasteiger partial charge in [-0.2, -0.15) is 8.42 Å². The van der Waals surface area contributed by atoms with Crippen molar-refractivity contribution in [3.05, 3.63) is 41.0 Å². The van der Waals surface area contributed by atoms with E-state index in [4.69, 9.17) is 0 Å². The van der Waals surface area contributed by atoms with Gasteiger partial charge in [-0.25, -0.2) is 0 Å². The fraction of sp³-hybridized carbons (Fsp3) is 0.636. The Morgan fingerprint density at radius 1 is 0.963 bits per heavy atom. The van der Waals surface area contributed by atoms with Crippen molar-refractivity contribution in [2.45, 2.75) is 96.0 Å². The zero-order valence-electron chi connectivity index (χ0n) is 17.1. The monoisotopic (exact) mass is 396 g/mol. The summed E-state index contributed by atoms with van der Waals surface area (Å²) in [6, 6.07) is 3.42. The van der Waals surface area contributed by atoms with Crippen molar-refractivity contribution in [1.82, 2.24) is 0 Å². The molecular formula is C22H36O4S. The lowest BCUT2D eigenvalue weighted by molar-refractivity contribution is 0.164. The first-order chi connectivity index (χ1) is 12.8. The molecule has 0 spiro atoms. The SMILES string of the molecule is CCCCCCCC=CCCC(O)c1c(CC)cc(CC)cc1S(=O)(=O)O. The Morgan fingerprint density at radius 2 is 1.63 bits per heavy atom. The molecule has 0 saturated carbocycles. The van der Waals surface area contributed by atoms with E-state index in [0.717, 1.165) is 17.5 Å². The zero-order valence-corrected chi connectivity index (χ0v) is 17.9. The van der Waals surface area contributed by atoms with Gasteiger partial charge in [-0.05, 0) is 55.7 Å². The van der Waals surface area contributed by atoms with E-state index in [9.17, 15) is 18.1 Å². The highest BCUT2D eigenvalue weighted by atomic mass is 32.2. The minimum Gasteiger partial charge on any atom is -0.388 e. The third-order valence-electron chi connectivity index (χ3n) is 4.94. The van der Waals surface area contributed by atoms with Gasteiger partial charge < -0.3 is 5.11 Å². The first kappa shape index (κ1) is 23.9. The predicted molar refractivity (Wildman–Crippen MR) is 112 cm³/mol. The van der Waals surface area contributed by atoms with Crippen LogP contribution >= 0.6 is 0 Å². The van der Waals surface area contributed by atoms with Gasteiger partial charge in [0.1, 0.15) is 4.90 Å². The summed E-state index contributed by atoms with van der Waals surface area (Å²) in [5.74, 6) is 0. The Kier molecular flexibility index (Phi) is 10.9. The highest BCUT2D eigenvalue weighted by Crippen LogP contribution is 2.31. The molecule has 0 amide bonds. The quantitative estimate of drug-likeness (QED) is 0.251. The summed E-state index contributed by atoms with van der Waals surface area (Å²) in [5.41, 5.74) is 1.98. The van der Waals surface area contributed by atoms with E-state index < -0.39 is 16.2 Å². The van der Waals surface area contributed by atoms with Crippen LogP contribution in [-0.2, 0) is 23.0 Å². The number of aliphatic hydroxyl groups excluding tert-OH is 1. The predicted octanol–water partition coefficient (Wildman–Crippen LogP) is 5.79. The Morgan fingerprint density at radius 3 is 2.22 bits per heavy atom. The molecule has 0 radical (unpaired) electrons. The summed E-state index contributed by atoms with van der Waals surface area (Å²) in [6.45, 7) is 6.07. The lowest BCUT2D eigenvalue weighted by atomic mass is 9.94. The zero-order chi connectivity index (χ0) is 20.3. The van der Waals surface area contributed by atoms with Gasteiger partial charge in [0.25, 0.3) is 10.1 Å². The number of unbranched alkanes of at least 4 members (excludes halogenated alkanes) is 5. The molecule has 27 heavy (non-hydrogen) atoms. The van der Waals surface area contributed by atoms with Crippen LogP contribution in [0.15, 0.2) is 29.2 Å². The van der Waals surface area contributed by atoms with Crippen molar-refractivity contribution < 1.29 is 18.1 Å². The number of aliphatic hydroxyl groups is 1. The molecule has 0 aliphatic heterocycles. The van der Waals surface area contributed by atoms with Crippen LogP contribution in [0.4, 0.5) is 0 Å². The molecule has 2 N–H and O–H groups in total. The Labute approximate surface area is 165 Å². The highest BCUT2D eigenvalue weighted by molar-refractivity contribution is 7.85. The Bertz CT molecular complexity index is 693. The second-order valence-corrected chi connectivity index (χ2v) is 8.51. The second-order valence-electron chi connectivity index (χ2n) is 7.12. The van der Waals surface area contributed by atoms with Crippen LogP contribution in [0.5, 0.6) is 0 Å². The van der Waals surface area contributed by atoms with E-state index in [1.165, 1.54) is 38.2 Å². The van der Waals surface area contributed by atoms with E-state index in [1.54, 1.807) is 0 Å². The molecule has 0 aliphatic rings. The normalized spacial score (nSPS) is 13.4. The van der Waals surface area contributed by atoms with Crippen LogP contribution in [-0.4, -0.2) is 18.1 Å². The summed E-state index contributed by atoms with van der Waals surface area (Å²) >= 11 is 0. The van der Waals surface area contributed by atoms with Crippen molar-refractivity contribution in [3.63, 3.8) is 0 Å². The van der Waals surface area contributed by atoms with Gasteiger partial charge in [-0.15, -0.1) is 0 Å². The minimum absolute atomic E-state index is 0.147. The van der Waals surface area contributed by atoms with Crippen molar-refractivity contribution in [2.24, 2.45) is 0 Å². The average Bonchev–Trinajstić information content (AvgIpc) is 2.64. The summed E-state index contributed by atoms with van der Waals surface area (Å²) in [5, 5.41) is 10.6. The maximum atomic E-state index is 11.8. The molecule has 0 bridgehead atoms. The highest BCUT2D eigenvalue weighted by Gasteiger charge is 2.24. The van der Waals surface area contributed by atoms with Crippen LogP contribution in [0.1, 0.15) is 94.9 Å². The van der Waals surface area contributed by atoms with Crippen LogP contribution in [0.2, 0.25) is 0 Å². The number of hydrogen-bond acceptors (Lipinski definition) is 3. The molecule has 4 nitrogen and oxygen atoms in total. The van der Waals surface area contributed by atoms with E-state index in [-0.39, 0.29) is 4.90 Å². The number of allylic oxidation sites excluding steroid dienone is 2. The summed E-state index contributed by atoms with van der Waals surface area (Å²) in [4.78, 5) is -0.147. The average molecular weight is 397 g/mol. The van der Waals surface area contributed by atoms with Gasteiger partial charge in [0.15, 0.2) is 0 Å². The topological polar surface area (TPSA) is 74.6 Å². The molecule has 1 unspecified atom stereocenters. The molecule has 0 fully saturated rings. The third-order valence-corrected chi connectivity index (χ3v) is 5.83. The number of rotatable bonds is 13. The smallest absolute Gasteiger partial charge is 0.294 e. The maximum Gasteiger partial charge on any atom is 0.294 e. The standard InChI is InChI=1S/C22H36O4S/c1-4-7-8-9-10-11-12-13-14-15-20(23)22-19(6-3)16-18(5-2)17-21(22)27(24,25)26/h12-13,16-17,20,23H,4-11,14-15H2,1-3H3,(H,24,25,26). The molecule has 1 atom stereocenters. The van der Waals surface area contributed by atoms with Crippen LogP contribution < -0.4 is 0 Å². The number of hydrogen-bond donors (Lipinski definition) is 2. The van der Waals surface area contributed by atoms with Crippen LogP contribution in [0.25, 0.3) is 0 Å². The van der Waals surface area contributed by atoms with E-state index >= 15 is 0 Å². The fourth-order valence-corrected chi connectivity index (χ4v) is 4.18. The van der Waals surface area contributed by atoms with Gasteiger partial charge in [-0.3, -0.25) is 4.55 Å². The molecule has 0 heterocycles. The van der Waals surface area contributed by atoms with Gasteiger partial charge in [0.05, 0.1) is 6.10 Å². The van der Waals surface area contributed by atoms with Crippen molar-refractivity contribution in [3.8, 4) is 0 Å². The number of aryl methyl sites for hydroxylation is 2. The van der Waals surface area contributed by atoms with Gasteiger partial charge in [0.2, 0.25) is 0 Å². The Hall–Kier alpha value is -1.17. The van der Waals surface area contributed by atoms with Gasteiger partial charge in [0, 0.05) is 5.56 Å². The summed E-state index contributed by atoms with van der Waals surface area (Å²) in [7, 11) is -4.37. The molecule has 154 valence electrons. The first-order valence-corrected chi connectivity index (χ1v) is 11.7. The van der Waals surface area contributed by atoms with Gasteiger partial charge in [-0.1, -0.05) is 64.7 Å². The van der Waals surface area contributed by atoms with Gasteiger partial charge >= 0.3 is 0 Å². The van der Waals surface area contributed by atoms with E-state index in [0.29, 0.717) is 31.2 Å². The van der Waals surface area contributed by atoms with Crippen LogP contribution in [0.3, 0.4) is 0 Å². The molecule has 1 rings (SSSR count). The lowest BCUT2D eigenvalue weighted by Crippen LogP contribution is -2.11. The minimum atomic E-state index is -4.37. The Balaban J connectivity index is 2.75. The van der Waals surface area contributed by atoms with E-state index in [2.05, 4.69) is 19.1 Å². The molecular weight excluding hydrogens is 360 g/mol. The first-order valence-electron chi connectivity index (χ1n) is 10.3. The number of benzene rings is 1. The maximum absolute atomic E-state index is 11.8. The molecule has 0 aliphatic carbocycles. The summed E-state index contributed by atoms with van der Waals surface area (Å²) < 4.78 is 33.3. The summed E-state index contributed by atoms with van der Waals surface area (Å²) in [6.07, 6.45) is 13.0. The largest absolute Gasteiger partial charge is 0.388 e. The third kappa shape index (κ3) is 8.16. The van der Waals surface area contributed by atoms with Crippen molar-refractivity contribution in [2.75, 3.05) is 0 Å². The molecule has 0 aromatic heterocycles. The second kappa shape index (κ2) is 12.3. The molecule has 0 saturated heterocycles. The van der Waals surface area contributed by atoms with Crippen molar-refractivity contribution >= 4 is 10.1 Å². The van der Waals surface area contributed by atoms with E-state index in [1.807, 2.05) is 19.9 Å².